The van der Waals surface area contributed by atoms with E-state index in [2.05, 4.69) is 12.1 Å². The van der Waals surface area contributed by atoms with Crippen molar-refractivity contribution in [2.75, 3.05) is 0 Å². The topological polar surface area (TPSA) is 47.6 Å². The second-order valence-corrected chi connectivity index (χ2v) is 6.77. The van der Waals surface area contributed by atoms with Crippen LogP contribution in [0, 0.1) is 22.7 Å². The smallest absolute Gasteiger partial charge is 0.0998 e. The lowest BCUT2D eigenvalue weighted by molar-refractivity contribution is 1.50. The fourth-order valence-electron chi connectivity index (χ4n) is 2.68. The van der Waals surface area contributed by atoms with Crippen molar-refractivity contribution >= 4 is 46.5 Å². The molecule has 3 rings (SSSR count). The van der Waals surface area contributed by atoms with Crippen LogP contribution >= 0.6 is 23.2 Å². The molecule has 0 bridgehead atoms. The lowest BCUT2D eigenvalue weighted by atomic mass is 9.99. The predicted octanol–water partition coefficient (Wildman–Crippen LogP) is 7.12. The lowest BCUT2D eigenvalue weighted by Crippen LogP contribution is -1.87. The number of benzene rings is 3. The zero-order valence-electron chi connectivity index (χ0n) is 14.7. The molecule has 4 heteroatoms. The molecule has 28 heavy (non-hydrogen) atoms. The molecule has 3 aromatic carbocycles. The quantitative estimate of drug-likeness (QED) is 0.345. The predicted molar refractivity (Wildman–Crippen MR) is 116 cm³/mol. The van der Waals surface area contributed by atoms with Crippen LogP contribution in [0.15, 0.2) is 72.8 Å². The normalized spacial score (nSPS) is 11.6. The van der Waals surface area contributed by atoms with E-state index < -0.39 is 0 Å². The molecule has 0 saturated heterocycles. The Labute approximate surface area is 174 Å². The van der Waals surface area contributed by atoms with Crippen molar-refractivity contribution < 1.29 is 0 Å². The molecule has 134 valence electrons. The number of rotatable bonds is 4. The van der Waals surface area contributed by atoms with Gasteiger partial charge in [-0.15, -0.1) is 0 Å². The van der Waals surface area contributed by atoms with Gasteiger partial charge in [0.1, 0.15) is 0 Å². The molecule has 2 nitrogen and oxygen atoms in total. The van der Waals surface area contributed by atoms with Crippen LogP contribution in [0.3, 0.4) is 0 Å². The molecular formula is C24H14Cl2N2. The van der Waals surface area contributed by atoms with Gasteiger partial charge in [-0.1, -0.05) is 83.9 Å². The van der Waals surface area contributed by atoms with E-state index in [9.17, 15) is 10.5 Å². The number of allylic oxidation sites excluding steroid dienone is 2. The third-order valence-corrected chi connectivity index (χ3v) is 4.85. The Morgan fingerprint density at radius 2 is 0.964 bits per heavy atom. The molecule has 0 aliphatic carbocycles. The van der Waals surface area contributed by atoms with Gasteiger partial charge in [0.05, 0.1) is 23.3 Å². The van der Waals surface area contributed by atoms with Crippen LogP contribution in [0.1, 0.15) is 22.3 Å². The molecule has 0 saturated carbocycles. The maximum atomic E-state index is 9.54. The molecule has 0 aromatic heterocycles. The van der Waals surface area contributed by atoms with Crippen LogP contribution in [0.4, 0.5) is 0 Å². The largest absolute Gasteiger partial charge is 0.192 e. The van der Waals surface area contributed by atoms with Crippen molar-refractivity contribution in [1.29, 1.82) is 10.5 Å². The van der Waals surface area contributed by atoms with E-state index in [1.807, 2.05) is 60.7 Å². The van der Waals surface area contributed by atoms with Gasteiger partial charge < -0.3 is 0 Å². The van der Waals surface area contributed by atoms with Gasteiger partial charge in [0.15, 0.2) is 0 Å². The average Bonchev–Trinajstić information content (AvgIpc) is 2.73. The Balaban J connectivity index is 1.94. The summed E-state index contributed by atoms with van der Waals surface area (Å²) >= 11 is 12.4. The van der Waals surface area contributed by atoms with Gasteiger partial charge >= 0.3 is 0 Å². The highest BCUT2D eigenvalue weighted by atomic mass is 35.5. The summed E-state index contributed by atoms with van der Waals surface area (Å²) in [5.74, 6) is 0. The average molecular weight is 401 g/mol. The Kier molecular flexibility index (Phi) is 6.30. The van der Waals surface area contributed by atoms with Crippen molar-refractivity contribution in [3.8, 4) is 12.1 Å². The standard InChI is InChI=1S/C24H14Cl2N2/c25-23-7-3-1-5-19(23)13-21(15-27)17-9-11-18(12-10-17)22(16-28)14-20-6-2-4-8-24(20)26/h1-14H. The summed E-state index contributed by atoms with van der Waals surface area (Å²) in [6.07, 6.45) is 3.50. The van der Waals surface area contributed by atoms with Crippen LogP contribution in [-0.4, -0.2) is 0 Å². The zero-order chi connectivity index (χ0) is 19.9. The maximum Gasteiger partial charge on any atom is 0.0998 e. The van der Waals surface area contributed by atoms with Crippen molar-refractivity contribution in [2.24, 2.45) is 0 Å². The molecular weight excluding hydrogens is 387 g/mol. The van der Waals surface area contributed by atoms with Gasteiger partial charge in [-0.05, 0) is 46.5 Å². The number of hydrogen-bond acceptors (Lipinski definition) is 2. The van der Waals surface area contributed by atoms with Gasteiger partial charge in [0, 0.05) is 10.0 Å². The first-order chi connectivity index (χ1) is 13.6. The minimum absolute atomic E-state index is 0.494. The Morgan fingerprint density at radius 3 is 1.29 bits per heavy atom. The third-order valence-electron chi connectivity index (χ3n) is 4.16. The highest BCUT2D eigenvalue weighted by Gasteiger charge is 2.07. The first kappa shape index (κ1) is 19.5. The highest BCUT2D eigenvalue weighted by molar-refractivity contribution is 6.32. The summed E-state index contributed by atoms with van der Waals surface area (Å²) in [5, 5.41) is 20.3. The molecule has 0 aliphatic heterocycles. The molecule has 0 aliphatic rings. The van der Waals surface area contributed by atoms with Crippen molar-refractivity contribution in [1.82, 2.24) is 0 Å². The van der Waals surface area contributed by atoms with Gasteiger partial charge in [0.2, 0.25) is 0 Å². The first-order valence-corrected chi connectivity index (χ1v) is 9.21. The summed E-state index contributed by atoms with van der Waals surface area (Å²) in [5.41, 5.74) is 4.05. The Bertz CT molecular complexity index is 1050. The Hall–Kier alpha value is -3.30. The van der Waals surface area contributed by atoms with E-state index in [1.165, 1.54) is 0 Å². The zero-order valence-corrected chi connectivity index (χ0v) is 16.2. The lowest BCUT2D eigenvalue weighted by Gasteiger charge is -2.05. The fourth-order valence-corrected chi connectivity index (χ4v) is 3.07. The van der Waals surface area contributed by atoms with E-state index in [0.29, 0.717) is 21.2 Å². The van der Waals surface area contributed by atoms with Crippen LogP contribution in [0.25, 0.3) is 23.3 Å². The maximum absolute atomic E-state index is 9.54. The van der Waals surface area contributed by atoms with E-state index in [1.54, 1.807) is 24.3 Å². The third kappa shape index (κ3) is 4.51. The fraction of sp³-hybridized carbons (Fsp3) is 0. The summed E-state index contributed by atoms with van der Waals surface area (Å²) in [4.78, 5) is 0. The van der Waals surface area contributed by atoms with E-state index >= 15 is 0 Å². The molecule has 0 radical (unpaired) electrons. The number of halogens is 2. The molecule has 0 fully saturated rings. The van der Waals surface area contributed by atoms with Crippen LogP contribution in [0.2, 0.25) is 10.0 Å². The minimum Gasteiger partial charge on any atom is -0.192 e. The monoisotopic (exact) mass is 400 g/mol. The van der Waals surface area contributed by atoms with Crippen LogP contribution in [-0.2, 0) is 0 Å². The van der Waals surface area contributed by atoms with Gasteiger partial charge in [-0.3, -0.25) is 0 Å². The molecule has 0 heterocycles. The summed E-state index contributed by atoms with van der Waals surface area (Å²) in [6.45, 7) is 0. The minimum atomic E-state index is 0.494. The molecule has 3 aromatic rings. The van der Waals surface area contributed by atoms with Gasteiger partial charge in [-0.25, -0.2) is 0 Å². The van der Waals surface area contributed by atoms with Crippen LogP contribution < -0.4 is 0 Å². The highest BCUT2D eigenvalue weighted by Crippen LogP contribution is 2.26. The van der Waals surface area contributed by atoms with Crippen molar-refractivity contribution in [2.45, 2.75) is 0 Å². The molecule has 0 spiro atoms. The molecule has 0 unspecified atom stereocenters. The summed E-state index contributed by atoms with van der Waals surface area (Å²) in [7, 11) is 0. The number of nitriles is 2. The van der Waals surface area contributed by atoms with E-state index in [-0.39, 0.29) is 0 Å². The van der Waals surface area contributed by atoms with Crippen molar-refractivity contribution in [3.63, 3.8) is 0 Å². The second kappa shape index (κ2) is 9.07. The molecule has 0 atom stereocenters. The molecule has 0 N–H and O–H groups in total. The van der Waals surface area contributed by atoms with Gasteiger partial charge in [-0.2, -0.15) is 10.5 Å². The summed E-state index contributed by atoms with van der Waals surface area (Å²) in [6, 6.07) is 26.4. The second-order valence-electron chi connectivity index (χ2n) is 5.96. The van der Waals surface area contributed by atoms with E-state index in [0.717, 1.165) is 22.3 Å². The number of hydrogen-bond donors (Lipinski definition) is 0. The van der Waals surface area contributed by atoms with Crippen molar-refractivity contribution in [3.05, 3.63) is 105 Å². The Morgan fingerprint density at radius 1 is 0.607 bits per heavy atom. The first-order valence-electron chi connectivity index (χ1n) is 8.46. The van der Waals surface area contributed by atoms with Gasteiger partial charge in [0.25, 0.3) is 0 Å². The summed E-state index contributed by atoms with van der Waals surface area (Å²) < 4.78 is 0. The van der Waals surface area contributed by atoms with Crippen LogP contribution in [0.5, 0.6) is 0 Å². The SMILES string of the molecule is N#CC(=Cc1ccccc1Cl)c1ccc(C(C#N)=Cc2ccccc2Cl)cc1. The number of nitrogens with zero attached hydrogens (tertiary/aromatic N) is 2. The van der Waals surface area contributed by atoms with E-state index in [4.69, 9.17) is 23.2 Å². The molecule has 0 amide bonds.